The molecule has 0 heterocycles. The zero-order chi connectivity index (χ0) is 16.2. The zero-order valence-corrected chi connectivity index (χ0v) is 12.6. The van der Waals surface area contributed by atoms with Crippen molar-refractivity contribution in [3.8, 4) is 0 Å². The summed E-state index contributed by atoms with van der Waals surface area (Å²) in [6, 6.07) is 20.5. The number of hydrogen-bond acceptors (Lipinski definition) is 4. The molecular formula is C18H15N3O2. The third-order valence-corrected chi connectivity index (χ3v) is 3.60. The summed E-state index contributed by atoms with van der Waals surface area (Å²) in [5.74, 6) is 0. The van der Waals surface area contributed by atoms with E-state index in [4.69, 9.17) is 0 Å². The fourth-order valence-electron chi connectivity index (χ4n) is 2.29. The minimum Gasteiger partial charge on any atom is -0.278 e. The van der Waals surface area contributed by atoms with E-state index < -0.39 is 4.92 Å². The molecule has 0 fully saturated rings. The lowest BCUT2D eigenvalue weighted by atomic mass is 10.0. The third-order valence-electron chi connectivity index (χ3n) is 3.60. The maximum Gasteiger partial charge on any atom is 0.269 e. The lowest BCUT2D eigenvalue weighted by molar-refractivity contribution is -0.384. The normalized spacial score (nSPS) is 11.4. The molecule has 0 atom stereocenters. The molecule has 0 aliphatic rings. The molecule has 23 heavy (non-hydrogen) atoms. The summed E-state index contributed by atoms with van der Waals surface area (Å²) < 4.78 is 0. The van der Waals surface area contributed by atoms with Crippen molar-refractivity contribution in [1.29, 1.82) is 0 Å². The van der Waals surface area contributed by atoms with E-state index in [0.29, 0.717) is 5.69 Å². The minimum absolute atomic E-state index is 0.0609. The first-order valence-electron chi connectivity index (χ1n) is 7.17. The van der Waals surface area contributed by atoms with Crippen LogP contribution in [-0.4, -0.2) is 10.6 Å². The Balaban J connectivity index is 1.79. The third kappa shape index (κ3) is 3.35. The van der Waals surface area contributed by atoms with Crippen molar-refractivity contribution in [3.05, 3.63) is 82.4 Å². The van der Waals surface area contributed by atoms with Crippen LogP contribution in [-0.2, 0) is 0 Å². The molecule has 3 aromatic carbocycles. The summed E-state index contributed by atoms with van der Waals surface area (Å²) in [7, 11) is 0. The first kappa shape index (κ1) is 14.7. The topological polar surface area (TPSA) is 67.5 Å². The van der Waals surface area contributed by atoms with Crippen LogP contribution >= 0.6 is 0 Å². The number of benzene rings is 3. The van der Waals surface area contributed by atoms with Gasteiger partial charge in [-0.3, -0.25) is 15.5 Å². The summed E-state index contributed by atoms with van der Waals surface area (Å²) in [6.45, 7) is 1.92. The van der Waals surface area contributed by atoms with Crippen molar-refractivity contribution < 1.29 is 4.92 Å². The van der Waals surface area contributed by atoms with Gasteiger partial charge in [-0.1, -0.05) is 36.4 Å². The van der Waals surface area contributed by atoms with E-state index in [-0.39, 0.29) is 5.69 Å². The minimum atomic E-state index is -0.423. The van der Waals surface area contributed by atoms with Gasteiger partial charge in [-0.05, 0) is 41.5 Å². The van der Waals surface area contributed by atoms with Crippen molar-refractivity contribution in [3.63, 3.8) is 0 Å². The molecule has 0 aliphatic heterocycles. The number of nitrogens with one attached hydrogen (secondary N) is 1. The van der Waals surface area contributed by atoms with Gasteiger partial charge in [0.15, 0.2) is 0 Å². The number of rotatable bonds is 4. The molecular weight excluding hydrogens is 290 g/mol. The van der Waals surface area contributed by atoms with Crippen LogP contribution in [0.5, 0.6) is 0 Å². The molecule has 1 N–H and O–H groups in total. The van der Waals surface area contributed by atoms with Gasteiger partial charge in [0.1, 0.15) is 0 Å². The van der Waals surface area contributed by atoms with Gasteiger partial charge in [0.05, 0.1) is 16.3 Å². The molecule has 5 nitrogen and oxygen atoms in total. The van der Waals surface area contributed by atoms with Gasteiger partial charge < -0.3 is 0 Å². The molecule has 114 valence electrons. The average Bonchev–Trinajstić information content (AvgIpc) is 2.59. The van der Waals surface area contributed by atoms with Gasteiger partial charge in [0, 0.05) is 12.1 Å². The maximum absolute atomic E-state index is 10.6. The summed E-state index contributed by atoms with van der Waals surface area (Å²) >= 11 is 0. The Bertz CT molecular complexity index is 886. The van der Waals surface area contributed by atoms with Crippen molar-refractivity contribution in [2.45, 2.75) is 6.92 Å². The number of nitrogens with zero attached hydrogens (tertiary/aromatic N) is 2. The quantitative estimate of drug-likeness (QED) is 0.435. The molecule has 0 saturated heterocycles. The number of anilines is 1. The summed E-state index contributed by atoms with van der Waals surface area (Å²) in [5.41, 5.74) is 5.56. The van der Waals surface area contributed by atoms with Gasteiger partial charge in [-0.25, -0.2) is 0 Å². The van der Waals surface area contributed by atoms with Crippen molar-refractivity contribution in [1.82, 2.24) is 0 Å². The molecule has 0 spiro atoms. The summed E-state index contributed by atoms with van der Waals surface area (Å²) in [6.07, 6.45) is 0. The summed E-state index contributed by atoms with van der Waals surface area (Å²) in [4.78, 5) is 10.2. The Morgan fingerprint density at radius 2 is 1.70 bits per heavy atom. The fraction of sp³-hybridized carbons (Fsp3) is 0.0556. The highest BCUT2D eigenvalue weighted by Crippen LogP contribution is 2.18. The second-order valence-corrected chi connectivity index (χ2v) is 5.17. The number of hydrazone groups is 1. The van der Waals surface area contributed by atoms with E-state index in [9.17, 15) is 10.1 Å². The van der Waals surface area contributed by atoms with Gasteiger partial charge in [-0.15, -0.1) is 0 Å². The molecule has 5 heteroatoms. The van der Waals surface area contributed by atoms with Crippen LogP contribution in [0, 0.1) is 10.1 Å². The number of fused-ring (bicyclic) bond motifs is 1. The smallest absolute Gasteiger partial charge is 0.269 e. The Morgan fingerprint density at radius 1 is 1.00 bits per heavy atom. The zero-order valence-electron chi connectivity index (χ0n) is 12.6. The SMILES string of the molecule is C/C(=N/Nc1ccc([N+](=O)[O-])cc1)c1ccc2ccccc2c1. The Hall–Kier alpha value is -3.21. The van der Waals surface area contributed by atoms with Gasteiger partial charge in [-0.2, -0.15) is 5.10 Å². The second-order valence-electron chi connectivity index (χ2n) is 5.17. The highest BCUT2D eigenvalue weighted by Gasteiger charge is 2.04. The Kier molecular flexibility index (Phi) is 4.01. The van der Waals surface area contributed by atoms with Crippen LogP contribution in [0.15, 0.2) is 71.8 Å². The van der Waals surface area contributed by atoms with Crippen molar-refractivity contribution in [2.24, 2.45) is 5.10 Å². The maximum atomic E-state index is 10.6. The van der Waals surface area contributed by atoms with Gasteiger partial charge in [0.2, 0.25) is 0 Å². The highest BCUT2D eigenvalue weighted by molar-refractivity contribution is 6.02. The Morgan fingerprint density at radius 3 is 2.39 bits per heavy atom. The molecule has 0 radical (unpaired) electrons. The van der Waals surface area contributed by atoms with Crippen LogP contribution in [0.2, 0.25) is 0 Å². The summed E-state index contributed by atoms with van der Waals surface area (Å²) in [5, 5.41) is 17.3. The van der Waals surface area contributed by atoms with Gasteiger partial charge >= 0.3 is 0 Å². The molecule has 3 aromatic rings. The monoisotopic (exact) mass is 305 g/mol. The van der Waals surface area contributed by atoms with E-state index in [1.165, 1.54) is 17.5 Å². The molecule has 0 aliphatic carbocycles. The molecule has 0 saturated carbocycles. The van der Waals surface area contributed by atoms with E-state index in [2.05, 4.69) is 34.8 Å². The fourth-order valence-corrected chi connectivity index (χ4v) is 2.29. The van der Waals surface area contributed by atoms with Crippen LogP contribution in [0.4, 0.5) is 11.4 Å². The standard InChI is InChI=1S/C18H15N3O2/c1-13(15-7-6-14-4-2-3-5-16(14)12-15)19-20-17-8-10-18(11-9-17)21(22)23/h2-12,20H,1H3/b19-13-. The number of hydrogen-bond donors (Lipinski definition) is 1. The Labute approximate surface area is 133 Å². The predicted octanol–water partition coefficient (Wildman–Crippen LogP) is 4.58. The van der Waals surface area contributed by atoms with Crippen molar-refractivity contribution >= 4 is 27.9 Å². The van der Waals surface area contributed by atoms with E-state index >= 15 is 0 Å². The second kappa shape index (κ2) is 6.27. The van der Waals surface area contributed by atoms with Gasteiger partial charge in [0.25, 0.3) is 5.69 Å². The number of nitro groups is 1. The molecule has 3 rings (SSSR count). The van der Waals surface area contributed by atoms with E-state index in [1.54, 1.807) is 12.1 Å². The molecule has 0 unspecified atom stereocenters. The molecule has 0 bridgehead atoms. The van der Waals surface area contributed by atoms with Crippen LogP contribution < -0.4 is 5.43 Å². The van der Waals surface area contributed by atoms with E-state index in [1.807, 2.05) is 25.1 Å². The number of non-ortho nitro benzene ring substituents is 1. The predicted molar refractivity (Wildman–Crippen MR) is 92.9 cm³/mol. The van der Waals surface area contributed by atoms with Crippen LogP contribution in [0.1, 0.15) is 12.5 Å². The lowest BCUT2D eigenvalue weighted by Crippen LogP contribution is -1.99. The van der Waals surface area contributed by atoms with Crippen LogP contribution in [0.25, 0.3) is 10.8 Å². The van der Waals surface area contributed by atoms with Crippen LogP contribution in [0.3, 0.4) is 0 Å². The first-order chi connectivity index (χ1) is 11.1. The lowest BCUT2D eigenvalue weighted by Gasteiger charge is -2.05. The average molecular weight is 305 g/mol. The molecule has 0 amide bonds. The number of nitro benzene ring substituents is 1. The molecule has 0 aromatic heterocycles. The largest absolute Gasteiger partial charge is 0.278 e. The van der Waals surface area contributed by atoms with E-state index in [0.717, 1.165) is 16.7 Å². The first-order valence-corrected chi connectivity index (χ1v) is 7.17. The highest BCUT2D eigenvalue weighted by atomic mass is 16.6. The van der Waals surface area contributed by atoms with Crippen molar-refractivity contribution in [2.75, 3.05) is 5.43 Å².